The van der Waals surface area contributed by atoms with E-state index in [0.29, 0.717) is 22.4 Å². The Morgan fingerprint density at radius 1 is 1.03 bits per heavy atom. The number of aryl methyl sites for hydroxylation is 1. The highest BCUT2D eigenvalue weighted by molar-refractivity contribution is 7.80. The van der Waals surface area contributed by atoms with Gasteiger partial charge in [0.2, 0.25) is 5.91 Å². The van der Waals surface area contributed by atoms with Crippen molar-refractivity contribution in [3.8, 4) is 0 Å². The summed E-state index contributed by atoms with van der Waals surface area (Å²) in [5, 5.41) is 3.93. The largest absolute Gasteiger partial charge is 0.336 e. The highest BCUT2D eigenvalue weighted by atomic mass is 35.5. The number of amides is 2. The monoisotopic (exact) mass is 513 g/mol. The van der Waals surface area contributed by atoms with Crippen LogP contribution >= 0.6 is 23.8 Å². The molecule has 35 heavy (non-hydrogen) atoms. The zero-order chi connectivity index (χ0) is 24.9. The van der Waals surface area contributed by atoms with Crippen molar-refractivity contribution in [2.75, 3.05) is 56.5 Å². The van der Waals surface area contributed by atoms with Crippen LogP contribution in [0.15, 0.2) is 48.5 Å². The second-order valence-corrected chi connectivity index (χ2v) is 10.1. The summed E-state index contributed by atoms with van der Waals surface area (Å²) in [6.45, 7) is 7.78. The van der Waals surface area contributed by atoms with Gasteiger partial charge in [0.05, 0.1) is 12.1 Å². The van der Waals surface area contributed by atoms with E-state index in [1.807, 2.05) is 36.1 Å². The van der Waals surface area contributed by atoms with Crippen LogP contribution in [-0.4, -0.2) is 84.0 Å². The highest BCUT2D eigenvalue weighted by Crippen LogP contribution is 2.28. The maximum absolute atomic E-state index is 13.5. The average molecular weight is 514 g/mol. The van der Waals surface area contributed by atoms with Crippen LogP contribution in [0.4, 0.5) is 11.4 Å². The number of rotatable bonds is 8. The fourth-order valence-corrected chi connectivity index (χ4v) is 5.02. The van der Waals surface area contributed by atoms with Gasteiger partial charge in [0.25, 0.3) is 5.91 Å². The Kier molecular flexibility index (Phi) is 8.38. The summed E-state index contributed by atoms with van der Waals surface area (Å²) in [6.07, 6.45) is 0.895. The zero-order valence-electron chi connectivity index (χ0n) is 20.2. The smallest absolute Gasteiger partial charge is 0.256 e. The van der Waals surface area contributed by atoms with Crippen molar-refractivity contribution in [2.24, 2.45) is 0 Å². The van der Waals surface area contributed by atoms with Crippen molar-refractivity contribution in [1.82, 2.24) is 14.7 Å². The number of hydrogen-bond donors (Lipinski definition) is 1. The minimum absolute atomic E-state index is 0.0263. The van der Waals surface area contributed by atoms with Crippen molar-refractivity contribution < 1.29 is 9.59 Å². The second-order valence-electron chi connectivity index (χ2n) is 9.26. The van der Waals surface area contributed by atoms with Crippen LogP contribution in [0.3, 0.4) is 0 Å². The molecule has 0 unspecified atom stereocenters. The molecule has 0 aliphatic carbocycles. The highest BCUT2D eigenvalue weighted by Gasteiger charge is 2.43. The first kappa shape index (κ1) is 25.6. The Morgan fingerprint density at radius 2 is 1.69 bits per heavy atom. The lowest BCUT2D eigenvalue weighted by Crippen LogP contribution is -2.45. The van der Waals surface area contributed by atoms with E-state index in [2.05, 4.69) is 22.2 Å². The third-order valence-corrected chi connectivity index (χ3v) is 7.26. The standard InChI is InChI=1S/C26H32ClN5O2S/c1-19-4-10-22(11-5-19)32-25(34)23(18-24(33)28-21-8-6-20(27)7-9-21)31(26(32)35)13-3-12-30-16-14-29(2)15-17-30/h4-11,23H,3,12-18H2,1-2H3,(H,28,33)/t23-/m0/s1. The van der Waals surface area contributed by atoms with Gasteiger partial charge in [-0.05, 0) is 75.6 Å². The van der Waals surface area contributed by atoms with Gasteiger partial charge in [-0.3, -0.25) is 14.5 Å². The number of benzene rings is 2. The first-order chi connectivity index (χ1) is 16.8. The van der Waals surface area contributed by atoms with Crippen LogP contribution in [0, 0.1) is 6.92 Å². The molecule has 2 aromatic rings. The molecule has 2 aliphatic heterocycles. The first-order valence-electron chi connectivity index (χ1n) is 12.0. The van der Waals surface area contributed by atoms with Gasteiger partial charge in [-0.1, -0.05) is 29.3 Å². The number of hydrogen-bond acceptors (Lipinski definition) is 5. The minimum Gasteiger partial charge on any atom is -0.336 e. The van der Waals surface area contributed by atoms with Crippen molar-refractivity contribution in [1.29, 1.82) is 0 Å². The van der Waals surface area contributed by atoms with Gasteiger partial charge in [0, 0.05) is 43.4 Å². The van der Waals surface area contributed by atoms with Crippen LogP contribution < -0.4 is 10.2 Å². The summed E-state index contributed by atoms with van der Waals surface area (Å²) in [6, 6.07) is 14.0. The molecule has 9 heteroatoms. The van der Waals surface area contributed by atoms with Crippen molar-refractivity contribution in [3.05, 3.63) is 59.1 Å². The SMILES string of the molecule is Cc1ccc(N2C(=O)[C@H](CC(=O)Nc3ccc(Cl)cc3)N(CCCN3CCN(C)CC3)C2=S)cc1. The van der Waals surface area contributed by atoms with Crippen LogP contribution in [-0.2, 0) is 9.59 Å². The van der Waals surface area contributed by atoms with Crippen LogP contribution in [0.1, 0.15) is 18.4 Å². The normalized spacial score (nSPS) is 19.5. The van der Waals surface area contributed by atoms with E-state index in [4.69, 9.17) is 23.8 Å². The Labute approximate surface area is 217 Å². The third-order valence-electron chi connectivity index (χ3n) is 6.59. The quantitative estimate of drug-likeness (QED) is 0.544. The first-order valence-corrected chi connectivity index (χ1v) is 12.8. The molecule has 1 atom stereocenters. The fraction of sp³-hybridized carbons (Fsp3) is 0.423. The number of carbonyl (C=O) groups is 2. The van der Waals surface area contributed by atoms with E-state index >= 15 is 0 Å². The molecule has 1 N–H and O–H groups in total. The predicted octanol–water partition coefficient (Wildman–Crippen LogP) is 3.62. The molecule has 0 spiro atoms. The molecule has 4 rings (SSSR count). The van der Waals surface area contributed by atoms with E-state index in [1.165, 1.54) is 0 Å². The van der Waals surface area contributed by atoms with Crippen LogP contribution in [0.2, 0.25) is 5.02 Å². The molecule has 2 heterocycles. The Bertz CT molecular complexity index is 1050. The maximum atomic E-state index is 13.5. The molecule has 7 nitrogen and oxygen atoms in total. The molecule has 2 aliphatic rings. The molecule has 0 radical (unpaired) electrons. The molecule has 2 fully saturated rings. The molecular weight excluding hydrogens is 482 g/mol. The molecule has 2 aromatic carbocycles. The summed E-state index contributed by atoms with van der Waals surface area (Å²) < 4.78 is 0. The molecule has 2 amide bonds. The zero-order valence-corrected chi connectivity index (χ0v) is 21.8. The Morgan fingerprint density at radius 3 is 2.34 bits per heavy atom. The van der Waals surface area contributed by atoms with Gasteiger partial charge in [-0.2, -0.15) is 0 Å². The number of piperazine rings is 1. The second kappa shape index (κ2) is 11.5. The van der Waals surface area contributed by atoms with E-state index in [1.54, 1.807) is 29.2 Å². The number of likely N-dealkylation sites (N-methyl/N-ethyl adjacent to an activating group) is 1. The molecule has 0 bridgehead atoms. The van der Waals surface area contributed by atoms with Gasteiger partial charge in [0.15, 0.2) is 5.11 Å². The summed E-state index contributed by atoms with van der Waals surface area (Å²) in [5.41, 5.74) is 2.48. The van der Waals surface area contributed by atoms with Crippen LogP contribution in [0.5, 0.6) is 0 Å². The number of thiocarbonyl (C=S) groups is 1. The van der Waals surface area contributed by atoms with E-state index in [9.17, 15) is 9.59 Å². The van der Waals surface area contributed by atoms with Gasteiger partial charge in [0.1, 0.15) is 6.04 Å². The molecule has 0 aromatic heterocycles. The Hall–Kier alpha value is -2.52. The summed E-state index contributed by atoms with van der Waals surface area (Å²) in [4.78, 5) is 34.7. The van der Waals surface area contributed by atoms with Gasteiger partial charge in [-0.15, -0.1) is 0 Å². The lowest BCUT2D eigenvalue weighted by molar-refractivity contribution is -0.124. The van der Waals surface area contributed by atoms with Crippen molar-refractivity contribution in [2.45, 2.75) is 25.8 Å². The average Bonchev–Trinajstić information content (AvgIpc) is 3.06. The summed E-state index contributed by atoms with van der Waals surface area (Å²) >= 11 is 11.7. The Balaban J connectivity index is 1.46. The number of halogens is 1. The summed E-state index contributed by atoms with van der Waals surface area (Å²) in [5.74, 6) is -0.395. The minimum atomic E-state index is -0.636. The van der Waals surface area contributed by atoms with Gasteiger partial charge < -0.3 is 20.0 Å². The van der Waals surface area contributed by atoms with E-state index in [-0.39, 0.29) is 18.2 Å². The predicted molar refractivity (Wildman–Crippen MR) is 145 cm³/mol. The molecule has 2 saturated heterocycles. The lowest BCUT2D eigenvalue weighted by Gasteiger charge is -2.33. The third kappa shape index (κ3) is 6.38. The summed E-state index contributed by atoms with van der Waals surface area (Å²) in [7, 11) is 2.14. The topological polar surface area (TPSA) is 59.1 Å². The number of carbonyl (C=O) groups excluding carboxylic acids is 2. The molecule has 186 valence electrons. The van der Waals surface area contributed by atoms with E-state index < -0.39 is 6.04 Å². The number of nitrogens with one attached hydrogen (secondary N) is 1. The molecular formula is C26H32ClN5O2S. The van der Waals surface area contributed by atoms with Gasteiger partial charge in [-0.25, -0.2) is 0 Å². The van der Waals surface area contributed by atoms with Gasteiger partial charge >= 0.3 is 0 Å². The number of nitrogens with zero attached hydrogens (tertiary/aromatic N) is 4. The van der Waals surface area contributed by atoms with Crippen molar-refractivity contribution in [3.63, 3.8) is 0 Å². The van der Waals surface area contributed by atoms with Crippen molar-refractivity contribution >= 4 is 52.1 Å². The lowest BCUT2D eigenvalue weighted by atomic mass is 10.1. The van der Waals surface area contributed by atoms with E-state index in [0.717, 1.165) is 50.4 Å². The van der Waals surface area contributed by atoms with Crippen LogP contribution in [0.25, 0.3) is 0 Å². The number of anilines is 2. The molecule has 0 saturated carbocycles. The maximum Gasteiger partial charge on any atom is 0.256 e. The fourth-order valence-electron chi connectivity index (χ4n) is 4.48.